The van der Waals surface area contributed by atoms with E-state index in [0.29, 0.717) is 11.7 Å². The number of nitrogens with one attached hydrogen (secondary N) is 1. The van der Waals surface area contributed by atoms with Crippen molar-refractivity contribution in [3.8, 4) is 0 Å². The highest BCUT2D eigenvalue weighted by Crippen LogP contribution is 2.23. The van der Waals surface area contributed by atoms with E-state index in [4.69, 9.17) is 4.52 Å². The third-order valence-corrected chi connectivity index (χ3v) is 2.93. The fourth-order valence-corrected chi connectivity index (χ4v) is 1.70. The number of hydrogen-bond donors (Lipinski definition) is 1. The summed E-state index contributed by atoms with van der Waals surface area (Å²) < 4.78 is 4.90. The lowest BCUT2D eigenvalue weighted by Gasteiger charge is -2.34. The number of amides is 4. The van der Waals surface area contributed by atoms with Crippen LogP contribution < -0.4 is 5.32 Å². The molecule has 19 heavy (non-hydrogen) atoms. The van der Waals surface area contributed by atoms with Gasteiger partial charge in [-0.05, 0) is 20.8 Å². The normalized spacial score (nSPS) is 18.7. The van der Waals surface area contributed by atoms with Crippen LogP contribution in [-0.4, -0.2) is 39.4 Å². The number of rotatable bonds is 3. The van der Waals surface area contributed by atoms with Gasteiger partial charge in [0.25, 0.3) is 0 Å². The quantitative estimate of drug-likeness (QED) is 0.773. The first-order valence-corrected chi connectivity index (χ1v) is 5.79. The number of nitrogens with zero attached hydrogens (tertiary/aromatic N) is 3. The van der Waals surface area contributed by atoms with E-state index in [1.807, 2.05) is 0 Å². The summed E-state index contributed by atoms with van der Waals surface area (Å²) in [6.45, 7) is 4.71. The first-order chi connectivity index (χ1) is 8.82. The summed E-state index contributed by atoms with van der Waals surface area (Å²) >= 11 is 0. The van der Waals surface area contributed by atoms with E-state index in [1.165, 1.54) is 13.8 Å². The van der Waals surface area contributed by atoms with Crippen LogP contribution in [0.15, 0.2) is 4.52 Å². The zero-order valence-electron chi connectivity index (χ0n) is 10.9. The number of carbonyl (C=O) groups excluding carboxylic acids is 3. The lowest BCUT2D eigenvalue weighted by molar-refractivity contribution is -0.149. The van der Waals surface area contributed by atoms with Crippen molar-refractivity contribution < 1.29 is 18.9 Å². The zero-order valence-corrected chi connectivity index (χ0v) is 10.9. The molecular weight excluding hydrogens is 252 g/mol. The molecule has 8 heteroatoms. The Labute approximate surface area is 109 Å². The van der Waals surface area contributed by atoms with Crippen LogP contribution in [0.1, 0.15) is 25.6 Å². The van der Waals surface area contributed by atoms with Gasteiger partial charge in [0.1, 0.15) is 5.41 Å². The second-order valence-corrected chi connectivity index (χ2v) is 4.83. The number of urea groups is 1. The molecule has 1 saturated heterocycles. The number of carbonyl (C=O) groups is 3. The molecule has 1 aliphatic heterocycles. The van der Waals surface area contributed by atoms with Crippen LogP contribution in [0.3, 0.4) is 0 Å². The van der Waals surface area contributed by atoms with Crippen molar-refractivity contribution in [2.24, 2.45) is 5.41 Å². The van der Waals surface area contributed by atoms with Crippen LogP contribution in [0, 0.1) is 12.3 Å². The first kappa shape index (κ1) is 13.2. The smallest absolute Gasteiger partial charge is 0.330 e. The number of aryl methyl sites for hydroxylation is 1. The van der Waals surface area contributed by atoms with Crippen molar-refractivity contribution in [3.05, 3.63) is 11.7 Å². The maximum atomic E-state index is 12.1. The number of aromatic nitrogens is 2. The molecule has 0 unspecified atom stereocenters. The third-order valence-electron chi connectivity index (χ3n) is 2.93. The molecule has 0 atom stereocenters. The summed E-state index contributed by atoms with van der Waals surface area (Å²) in [7, 11) is 0. The van der Waals surface area contributed by atoms with E-state index in [0.717, 1.165) is 4.90 Å². The van der Waals surface area contributed by atoms with Crippen molar-refractivity contribution in [3.63, 3.8) is 0 Å². The second kappa shape index (κ2) is 4.45. The average Bonchev–Trinajstić information content (AvgIpc) is 2.73. The molecule has 1 fully saturated rings. The Morgan fingerprint density at radius 1 is 1.32 bits per heavy atom. The Bertz CT molecular complexity index is 549. The first-order valence-electron chi connectivity index (χ1n) is 5.79. The standard InChI is InChI=1S/C11H14N4O4/c1-6-12-7(19-14-6)4-5-15-9(17)11(2,3)8(16)13-10(15)18/h4-5H2,1-3H3,(H,13,16,18). The largest absolute Gasteiger partial charge is 0.339 e. The fourth-order valence-electron chi connectivity index (χ4n) is 1.70. The van der Waals surface area contributed by atoms with E-state index in [1.54, 1.807) is 6.92 Å². The van der Waals surface area contributed by atoms with Crippen LogP contribution in [0.5, 0.6) is 0 Å². The van der Waals surface area contributed by atoms with Gasteiger partial charge in [-0.3, -0.25) is 19.8 Å². The van der Waals surface area contributed by atoms with Gasteiger partial charge in [-0.2, -0.15) is 4.98 Å². The molecule has 1 aromatic heterocycles. The monoisotopic (exact) mass is 266 g/mol. The van der Waals surface area contributed by atoms with Gasteiger partial charge in [-0.15, -0.1) is 0 Å². The molecule has 0 aromatic carbocycles. The molecule has 0 radical (unpaired) electrons. The summed E-state index contributed by atoms with van der Waals surface area (Å²) in [6.07, 6.45) is 0.254. The summed E-state index contributed by atoms with van der Waals surface area (Å²) in [5, 5.41) is 5.77. The van der Waals surface area contributed by atoms with E-state index in [9.17, 15) is 14.4 Å². The van der Waals surface area contributed by atoms with Gasteiger partial charge < -0.3 is 4.52 Å². The third kappa shape index (κ3) is 2.33. The van der Waals surface area contributed by atoms with Crippen LogP contribution in [0.4, 0.5) is 4.79 Å². The molecule has 2 heterocycles. The Balaban J connectivity index is 2.09. The van der Waals surface area contributed by atoms with Gasteiger partial charge in [0.15, 0.2) is 5.82 Å². The van der Waals surface area contributed by atoms with Gasteiger partial charge in [0.05, 0.1) is 0 Å². The summed E-state index contributed by atoms with van der Waals surface area (Å²) in [5.41, 5.74) is -1.25. The highest BCUT2D eigenvalue weighted by molar-refractivity contribution is 6.18. The lowest BCUT2D eigenvalue weighted by atomic mass is 9.89. The molecule has 1 aliphatic rings. The minimum Gasteiger partial charge on any atom is -0.339 e. The van der Waals surface area contributed by atoms with Crippen LogP contribution >= 0.6 is 0 Å². The minimum atomic E-state index is -1.25. The molecule has 4 amide bonds. The summed E-state index contributed by atoms with van der Waals surface area (Å²) in [6, 6.07) is -0.717. The molecule has 1 aromatic rings. The zero-order chi connectivity index (χ0) is 14.2. The predicted molar refractivity (Wildman–Crippen MR) is 61.8 cm³/mol. The maximum Gasteiger partial charge on any atom is 0.330 e. The molecular formula is C11H14N4O4. The molecule has 0 bridgehead atoms. The van der Waals surface area contributed by atoms with E-state index >= 15 is 0 Å². The molecule has 102 valence electrons. The van der Waals surface area contributed by atoms with Crippen LogP contribution in [0.2, 0.25) is 0 Å². The number of imide groups is 2. The van der Waals surface area contributed by atoms with Gasteiger partial charge in [0, 0.05) is 13.0 Å². The topological polar surface area (TPSA) is 105 Å². The average molecular weight is 266 g/mol. The minimum absolute atomic E-state index is 0.0863. The molecule has 8 nitrogen and oxygen atoms in total. The molecule has 1 N–H and O–H groups in total. The predicted octanol–water partition coefficient (Wildman–Crippen LogP) is 0.0251. The molecule has 2 rings (SSSR count). The SMILES string of the molecule is Cc1noc(CCN2C(=O)NC(=O)C(C)(C)C2=O)n1. The van der Waals surface area contributed by atoms with Crippen LogP contribution in [0.25, 0.3) is 0 Å². The highest BCUT2D eigenvalue weighted by Gasteiger charge is 2.46. The number of hydrogen-bond acceptors (Lipinski definition) is 6. The molecule has 0 aliphatic carbocycles. The van der Waals surface area contributed by atoms with Gasteiger partial charge >= 0.3 is 6.03 Å². The highest BCUT2D eigenvalue weighted by atomic mass is 16.5. The van der Waals surface area contributed by atoms with Gasteiger partial charge in [-0.1, -0.05) is 5.16 Å². The van der Waals surface area contributed by atoms with Crippen LogP contribution in [-0.2, 0) is 16.0 Å². The second-order valence-electron chi connectivity index (χ2n) is 4.83. The summed E-state index contributed by atoms with van der Waals surface area (Å²) in [5.74, 6) is -0.294. The summed E-state index contributed by atoms with van der Waals surface area (Å²) in [4.78, 5) is 40.2. The number of barbiturate groups is 1. The van der Waals surface area contributed by atoms with Gasteiger partial charge in [-0.25, -0.2) is 4.79 Å². The van der Waals surface area contributed by atoms with E-state index < -0.39 is 23.3 Å². The van der Waals surface area contributed by atoms with Crippen molar-refractivity contribution >= 4 is 17.8 Å². The van der Waals surface area contributed by atoms with Gasteiger partial charge in [0.2, 0.25) is 17.7 Å². The maximum absolute atomic E-state index is 12.1. The van der Waals surface area contributed by atoms with Crippen molar-refractivity contribution in [2.45, 2.75) is 27.2 Å². The fraction of sp³-hybridized carbons (Fsp3) is 0.545. The van der Waals surface area contributed by atoms with Crippen molar-refractivity contribution in [1.29, 1.82) is 0 Å². The van der Waals surface area contributed by atoms with E-state index in [-0.39, 0.29) is 13.0 Å². The lowest BCUT2D eigenvalue weighted by Crippen LogP contribution is -2.62. The van der Waals surface area contributed by atoms with Crippen molar-refractivity contribution in [2.75, 3.05) is 6.54 Å². The Morgan fingerprint density at radius 3 is 2.58 bits per heavy atom. The Hall–Kier alpha value is -2.25. The Morgan fingerprint density at radius 2 is 2.00 bits per heavy atom. The van der Waals surface area contributed by atoms with E-state index in [2.05, 4.69) is 15.5 Å². The Kier molecular flexibility index (Phi) is 3.09. The molecule has 0 spiro atoms. The molecule has 0 saturated carbocycles. The van der Waals surface area contributed by atoms with Crippen molar-refractivity contribution in [1.82, 2.24) is 20.4 Å².